The maximum atomic E-state index is 13.7. The number of aliphatic imine (C=N–C) groups is 1. The number of hydrogen-bond donors (Lipinski definition) is 2. The number of anilines is 1. The van der Waals surface area contributed by atoms with Crippen molar-refractivity contribution in [3.05, 3.63) is 28.5 Å². The maximum Gasteiger partial charge on any atom is 0.347 e. The number of hydrogen-bond acceptors (Lipinski definition) is 4. The molecule has 1 atom stereocenters. The molecule has 0 fully saturated rings. The number of rotatable bonds is 3. The van der Waals surface area contributed by atoms with Gasteiger partial charge in [-0.2, -0.15) is 0 Å². The molecule has 1 aliphatic rings. The fourth-order valence-corrected chi connectivity index (χ4v) is 3.52. The second-order valence-electron chi connectivity index (χ2n) is 4.20. The summed E-state index contributed by atoms with van der Waals surface area (Å²) in [7, 11) is -4.29. The molecule has 1 aromatic carbocycles. The number of benzene rings is 1. The lowest BCUT2D eigenvalue weighted by Crippen LogP contribution is -2.51. The summed E-state index contributed by atoms with van der Waals surface area (Å²) in [5.74, 6) is -1.84. The molecule has 0 saturated heterocycles. The monoisotopic (exact) mass is 377 g/mol. The van der Waals surface area contributed by atoms with Gasteiger partial charge in [0.2, 0.25) is 10.0 Å². The first-order valence-corrected chi connectivity index (χ1v) is 7.91. The van der Waals surface area contributed by atoms with E-state index in [2.05, 4.69) is 20.9 Å². The third kappa shape index (κ3) is 3.27. The summed E-state index contributed by atoms with van der Waals surface area (Å²) in [6.07, 6.45) is 0. The van der Waals surface area contributed by atoms with Crippen LogP contribution in [0.3, 0.4) is 0 Å². The first-order valence-electron chi connectivity index (χ1n) is 5.57. The smallest absolute Gasteiger partial charge is 0.280 e. The van der Waals surface area contributed by atoms with Crippen LogP contribution in [0.4, 0.5) is 14.9 Å². The van der Waals surface area contributed by atoms with Gasteiger partial charge < -0.3 is 0 Å². The Morgan fingerprint density at radius 1 is 1.38 bits per heavy atom. The fraction of sp³-hybridized carbons (Fsp3) is 0.182. The van der Waals surface area contributed by atoms with E-state index in [0.717, 1.165) is 6.07 Å². The second-order valence-corrected chi connectivity index (χ2v) is 6.88. The van der Waals surface area contributed by atoms with Crippen molar-refractivity contribution in [2.75, 3.05) is 4.72 Å². The Kier molecular flexibility index (Phi) is 4.10. The Morgan fingerprint density at radius 3 is 2.62 bits per heavy atom. The van der Waals surface area contributed by atoms with E-state index >= 15 is 0 Å². The van der Waals surface area contributed by atoms with Gasteiger partial charge in [0.1, 0.15) is 5.82 Å². The molecule has 0 radical (unpaired) electrons. The first-order chi connectivity index (χ1) is 9.70. The zero-order valence-corrected chi connectivity index (χ0v) is 13.0. The van der Waals surface area contributed by atoms with Gasteiger partial charge in [-0.05, 0) is 25.1 Å². The van der Waals surface area contributed by atoms with Crippen molar-refractivity contribution in [1.29, 1.82) is 0 Å². The van der Waals surface area contributed by atoms with Gasteiger partial charge in [0.25, 0.3) is 5.91 Å². The van der Waals surface area contributed by atoms with Crippen LogP contribution in [0.5, 0.6) is 0 Å². The number of nitrogens with one attached hydrogen (secondary N) is 2. The SMILES string of the molecule is CC1=NC(=O)NC(=O)C1S(=O)(=O)Nc1ccc(Br)cc1F. The molecular formula is C11H9BrFN3O4S. The molecule has 0 spiro atoms. The highest BCUT2D eigenvalue weighted by atomic mass is 79.9. The fourth-order valence-electron chi connectivity index (χ4n) is 1.76. The van der Waals surface area contributed by atoms with E-state index in [9.17, 15) is 22.4 Å². The molecule has 112 valence electrons. The number of imide groups is 1. The molecule has 2 rings (SSSR count). The maximum absolute atomic E-state index is 13.7. The van der Waals surface area contributed by atoms with E-state index in [1.165, 1.54) is 19.1 Å². The van der Waals surface area contributed by atoms with Crippen LogP contribution in [0.15, 0.2) is 27.7 Å². The van der Waals surface area contributed by atoms with E-state index in [1.54, 1.807) is 5.32 Å². The van der Waals surface area contributed by atoms with Crippen LogP contribution in [0.1, 0.15) is 6.92 Å². The summed E-state index contributed by atoms with van der Waals surface area (Å²) in [6, 6.07) is 2.78. The predicted molar refractivity (Wildman–Crippen MR) is 77.1 cm³/mol. The largest absolute Gasteiger partial charge is 0.347 e. The minimum absolute atomic E-state index is 0.186. The summed E-state index contributed by atoms with van der Waals surface area (Å²) < 4.78 is 40.4. The van der Waals surface area contributed by atoms with Crippen molar-refractivity contribution in [2.24, 2.45) is 4.99 Å². The van der Waals surface area contributed by atoms with Crippen LogP contribution in [-0.4, -0.2) is 31.3 Å². The van der Waals surface area contributed by atoms with E-state index in [4.69, 9.17) is 0 Å². The first kappa shape index (κ1) is 15.6. The Morgan fingerprint density at radius 2 is 2.05 bits per heavy atom. The Hall–Kier alpha value is -1.81. The van der Waals surface area contributed by atoms with Gasteiger partial charge in [-0.15, -0.1) is 0 Å². The Balaban J connectivity index is 2.36. The molecule has 1 heterocycles. The highest BCUT2D eigenvalue weighted by Gasteiger charge is 2.39. The average molecular weight is 378 g/mol. The van der Waals surface area contributed by atoms with Gasteiger partial charge in [-0.3, -0.25) is 14.8 Å². The summed E-state index contributed by atoms with van der Waals surface area (Å²) >= 11 is 3.04. The minimum Gasteiger partial charge on any atom is -0.280 e. The lowest BCUT2D eigenvalue weighted by molar-refractivity contribution is -0.118. The quantitative estimate of drug-likeness (QED) is 0.830. The summed E-state index contributed by atoms with van der Waals surface area (Å²) in [5.41, 5.74) is -0.496. The summed E-state index contributed by atoms with van der Waals surface area (Å²) in [5, 5.41) is 0.0935. The molecule has 2 N–H and O–H groups in total. The van der Waals surface area contributed by atoms with Crippen molar-refractivity contribution < 1.29 is 22.4 Å². The van der Waals surface area contributed by atoms with Gasteiger partial charge >= 0.3 is 6.03 Å². The topological polar surface area (TPSA) is 105 Å². The molecule has 21 heavy (non-hydrogen) atoms. The predicted octanol–water partition coefficient (Wildman–Crippen LogP) is 1.41. The van der Waals surface area contributed by atoms with Crippen molar-refractivity contribution >= 4 is 49.3 Å². The molecule has 0 aliphatic carbocycles. The van der Waals surface area contributed by atoms with Crippen LogP contribution in [-0.2, 0) is 14.8 Å². The molecule has 1 unspecified atom stereocenters. The number of nitrogens with zero attached hydrogens (tertiary/aromatic N) is 1. The third-order valence-corrected chi connectivity index (χ3v) is 4.79. The highest BCUT2D eigenvalue weighted by Crippen LogP contribution is 2.22. The van der Waals surface area contributed by atoms with Crippen LogP contribution in [0, 0.1) is 5.82 Å². The average Bonchev–Trinajstić information content (AvgIpc) is 2.30. The molecule has 7 nitrogen and oxygen atoms in total. The number of urea groups is 1. The molecule has 3 amide bonds. The van der Waals surface area contributed by atoms with Gasteiger partial charge in [-0.25, -0.2) is 22.6 Å². The number of sulfonamides is 1. The van der Waals surface area contributed by atoms with E-state index in [-0.39, 0.29) is 11.4 Å². The van der Waals surface area contributed by atoms with E-state index < -0.39 is 33.0 Å². The number of carbonyl (C=O) groups excluding carboxylic acids is 2. The molecule has 1 aliphatic heterocycles. The summed E-state index contributed by atoms with van der Waals surface area (Å²) in [4.78, 5) is 26.0. The zero-order valence-electron chi connectivity index (χ0n) is 10.6. The highest BCUT2D eigenvalue weighted by molar-refractivity contribution is 9.10. The van der Waals surface area contributed by atoms with Crippen LogP contribution >= 0.6 is 15.9 Å². The number of carbonyl (C=O) groups is 2. The van der Waals surface area contributed by atoms with Gasteiger partial charge in [0, 0.05) is 4.47 Å². The Labute approximate surface area is 127 Å². The van der Waals surface area contributed by atoms with Gasteiger partial charge in [-0.1, -0.05) is 15.9 Å². The Bertz CT molecular complexity index is 763. The van der Waals surface area contributed by atoms with Crippen molar-refractivity contribution in [1.82, 2.24) is 5.32 Å². The molecule has 1 aromatic rings. The molecule has 0 saturated carbocycles. The van der Waals surface area contributed by atoms with Gasteiger partial charge in [0.05, 0.1) is 11.4 Å². The standard InChI is InChI=1S/C11H9BrFN3O4S/c1-5-9(10(17)15-11(18)14-5)21(19,20)16-8-3-2-6(12)4-7(8)13/h2-4,9,16H,1H3,(H,15,17,18). The number of amides is 3. The van der Waals surface area contributed by atoms with Crippen molar-refractivity contribution in [2.45, 2.75) is 12.2 Å². The lowest BCUT2D eigenvalue weighted by atomic mass is 10.2. The molecular weight excluding hydrogens is 369 g/mol. The third-order valence-electron chi connectivity index (χ3n) is 2.62. The minimum atomic E-state index is -4.29. The van der Waals surface area contributed by atoms with E-state index in [0.29, 0.717) is 4.47 Å². The molecule has 10 heteroatoms. The number of halogens is 2. The van der Waals surface area contributed by atoms with Crippen LogP contribution < -0.4 is 10.0 Å². The summed E-state index contributed by atoms with van der Waals surface area (Å²) in [6.45, 7) is 1.23. The van der Waals surface area contributed by atoms with Crippen molar-refractivity contribution in [3.8, 4) is 0 Å². The lowest BCUT2D eigenvalue weighted by Gasteiger charge is -2.20. The van der Waals surface area contributed by atoms with E-state index in [1.807, 2.05) is 4.72 Å². The second kappa shape index (κ2) is 5.53. The zero-order chi connectivity index (χ0) is 15.8. The van der Waals surface area contributed by atoms with Crippen molar-refractivity contribution in [3.63, 3.8) is 0 Å². The molecule has 0 bridgehead atoms. The van der Waals surface area contributed by atoms with Gasteiger partial charge in [0.15, 0.2) is 5.25 Å². The molecule has 0 aromatic heterocycles. The van der Waals surface area contributed by atoms with Crippen LogP contribution in [0.25, 0.3) is 0 Å². The normalized spacial score (nSPS) is 19.0. The van der Waals surface area contributed by atoms with Crippen LogP contribution in [0.2, 0.25) is 0 Å².